The minimum atomic E-state index is -0.0652. The number of hydrogen-bond donors (Lipinski definition) is 1. The molecule has 1 N–H and O–H groups in total. The van der Waals surface area contributed by atoms with Crippen molar-refractivity contribution >= 4 is 40.7 Å². The van der Waals surface area contributed by atoms with E-state index in [1.54, 1.807) is 0 Å². The molecule has 33 heavy (non-hydrogen) atoms. The summed E-state index contributed by atoms with van der Waals surface area (Å²) in [4.78, 5) is 15.2. The molecule has 1 amide bonds. The molecule has 3 nitrogen and oxygen atoms in total. The van der Waals surface area contributed by atoms with E-state index < -0.39 is 0 Å². The summed E-state index contributed by atoms with van der Waals surface area (Å²) < 4.78 is 0. The SMILES string of the molecule is CN(C)CCC(NC(=O)c1ccc(-c2ccc(Cl)cc2)cc1)c1ccc2ccccc2c1.Cl. The number of hydrogen-bond acceptors (Lipinski definition) is 2. The van der Waals surface area contributed by atoms with E-state index >= 15 is 0 Å². The van der Waals surface area contributed by atoms with Gasteiger partial charge in [0.05, 0.1) is 6.04 Å². The standard InChI is InChI=1S/C28H27ClN2O.ClH/c1-31(2)18-17-27(25-12-9-20-5-3-4-6-24(20)19-25)30-28(32)23-10-7-21(8-11-23)22-13-15-26(29)16-14-22;/h3-16,19,27H,17-18H2,1-2H3,(H,30,32);1H. The van der Waals surface area contributed by atoms with Gasteiger partial charge in [-0.25, -0.2) is 0 Å². The van der Waals surface area contributed by atoms with Crippen molar-refractivity contribution in [3.8, 4) is 11.1 Å². The minimum absolute atomic E-state index is 0. The van der Waals surface area contributed by atoms with Crippen LogP contribution < -0.4 is 5.32 Å². The van der Waals surface area contributed by atoms with Gasteiger partial charge in [0.1, 0.15) is 0 Å². The van der Waals surface area contributed by atoms with Crippen LogP contribution in [0.4, 0.5) is 0 Å². The summed E-state index contributed by atoms with van der Waals surface area (Å²) >= 11 is 5.99. The maximum atomic E-state index is 13.1. The largest absolute Gasteiger partial charge is 0.345 e. The molecule has 0 radical (unpaired) electrons. The van der Waals surface area contributed by atoms with Crippen LogP contribution in [-0.2, 0) is 0 Å². The van der Waals surface area contributed by atoms with E-state index in [4.69, 9.17) is 11.6 Å². The van der Waals surface area contributed by atoms with Gasteiger partial charge in [0.25, 0.3) is 5.91 Å². The molecule has 170 valence electrons. The quantitative estimate of drug-likeness (QED) is 0.309. The summed E-state index contributed by atoms with van der Waals surface area (Å²) in [5, 5.41) is 6.35. The normalized spacial score (nSPS) is 11.8. The maximum absolute atomic E-state index is 13.1. The number of benzene rings is 4. The number of amides is 1. The molecule has 0 spiro atoms. The lowest BCUT2D eigenvalue weighted by molar-refractivity contribution is 0.0933. The monoisotopic (exact) mass is 478 g/mol. The number of carbonyl (C=O) groups is 1. The molecule has 0 bridgehead atoms. The summed E-state index contributed by atoms with van der Waals surface area (Å²) in [5.74, 6) is -0.0652. The van der Waals surface area contributed by atoms with Crippen molar-refractivity contribution in [2.45, 2.75) is 12.5 Å². The van der Waals surface area contributed by atoms with E-state index in [1.165, 1.54) is 10.8 Å². The van der Waals surface area contributed by atoms with Crippen LogP contribution in [0.15, 0.2) is 91.0 Å². The van der Waals surface area contributed by atoms with Crippen LogP contribution in [0.1, 0.15) is 28.4 Å². The molecule has 0 aromatic heterocycles. The highest BCUT2D eigenvalue weighted by atomic mass is 35.5. The van der Waals surface area contributed by atoms with Crippen molar-refractivity contribution < 1.29 is 4.79 Å². The first kappa shape index (κ1) is 24.8. The smallest absolute Gasteiger partial charge is 0.251 e. The third kappa shape index (κ3) is 6.35. The molecule has 4 aromatic rings. The third-order valence-corrected chi connectivity index (χ3v) is 5.92. The number of nitrogens with zero attached hydrogens (tertiary/aromatic N) is 1. The Bertz CT molecular complexity index is 1200. The second kappa shape index (κ2) is 11.3. The lowest BCUT2D eigenvalue weighted by Crippen LogP contribution is -2.31. The van der Waals surface area contributed by atoms with Crippen LogP contribution in [-0.4, -0.2) is 31.4 Å². The summed E-state index contributed by atoms with van der Waals surface area (Å²) in [6.07, 6.45) is 0.833. The Labute approximate surface area is 206 Å². The first-order valence-corrected chi connectivity index (χ1v) is 11.2. The minimum Gasteiger partial charge on any atom is -0.345 e. The molecular weight excluding hydrogens is 451 g/mol. The van der Waals surface area contributed by atoms with E-state index in [2.05, 4.69) is 54.6 Å². The van der Waals surface area contributed by atoms with E-state index in [0.29, 0.717) is 10.6 Å². The second-order valence-corrected chi connectivity index (χ2v) is 8.75. The molecule has 0 aliphatic heterocycles. The van der Waals surface area contributed by atoms with Crippen molar-refractivity contribution in [3.63, 3.8) is 0 Å². The molecule has 0 heterocycles. The van der Waals surface area contributed by atoms with E-state index in [-0.39, 0.29) is 24.4 Å². The molecule has 4 aromatic carbocycles. The van der Waals surface area contributed by atoms with Crippen molar-refractivity contribution in [2.24, 2.45) is 0 Å². The van der Waals surface area contributed by atoms with Gasteiger partial charge in [0, 0.05) is 10.6 Å². The fourth-order valence-corrected chi connectivity index (χ4v) is 3.96. The molecule has 0 fully saturated rings. The van der Waals surface area contributed by atoms with Gasteiger partial charge in [-0.3, -0.25) is 4.79 Å². The fourth-order valence-electron chi connectivity index (χ4n) is 3.83. The Morgan fingerprint density at radius 2 is 1.45 bits per heavy atom. The number of rotatable bonds is 7. The zero-order valence-electron chi connectivity index (χ0n) is 18.8. The maximum Gasteiger partial charge on any atom is 0.251 e. The average Bonchev–Trinajstić information content (AvgIpc) is 2.82. The molecule has 1 unspecified atom stereocenters. The lowest BCUT2D eigenvalue weighted by Gasteiger charge is -2.22. The molecule has 5 heteroatoms. The van der Waals surface area contributed by atoms with Gasteiger partial charge >= 0.3 is 0 Å². The van der Waals surface area contributed by atoms with Crippen LogP contribution in [0.2, 0.25) is 5.02 Å². The Morgan fingerprint density at radius 3 is 2.09 bits per heavy atom. The van der Waals surface area contributed by atoms with Gasteiger partial charge < -0.3 is 10.2 Å². The molecule has 0 aliphatic rings. The fraction of sp³-hybridized carbons (Fsp3) is 0.179. The van der Waals surface area contributed by atoms with E-state index in [9.17, 15) is 4.79 Å². The Morgan fingerprint density at radius 1 is 0.848 bits per heavy atom. The molecule has 0 aliphatic carbocycles. The Balaban J connectivity index is 0.00000306. The van der Waals surface area contributed by atoms with Crippen molar-refractivity contribution in [3.05, 3.63) is 107 Å². The molecule has 1 atom stereocenters. The summed E-state index contributed by atoms with van der Waals surface area (Å²) in [7, 11) is 4.10. The highest BCUT2D eigenvalue weighted by molar-refractivity contribution is 6.30. The van der Waals surface area contributed by atoms with Gasteiger partial charge in [-0.05, 0) is 84.9 Å². The van der Waals surface area contributed by atoms with Crippen LogP contribution in [0, 0.1) is 0 Å². The highest BCUT2D eigenvalue weighted by Gasteiger charge is 2.17. The van der Waals surface area contributed by atoms with Gasteiger partial charge in [-0.1, -0.05) is 72.3 Å². The Hall–Kier alpha value is -2.85. The van der Waals surface area contributed by atoms with E-state index in [1.807, 2.05) is 60.7 Å². The van der Waals surface area contributed by atoms with Gasteiger partial charge in [0.15, 0.2) is 0 Å². The van der Waals surface area contributed by atoms with Gasteiger partial charge in [-0.15, -0.1) is 12.4 Å². The number of nitrogens with one attached hydrogen (secondary N) is 1. The molecular formula is C28H28Cl2N2O. The van der Waals surface area contributed by atoms with Crippen LogP contribution >= 0.6 is 24.0 Å². The van der Waals surface area contributed by atoms with E-state index in [0.717, 1.165) is 29.7 Å². The number of carbonyl (C=O) groups excluding carboxylic acids is 1. The number of fused-ring (bicyclic) bond motifs is 1. The number of halogens is 2. The first-order valence-electron chi connectivity index (χ1n) is 10.8. The summed E-state index contributed by atoms with van der Waals surface area (Å²) in [6, 6.07) is 30.1. The molecule has 0 saturated heterocycles. The first-order chi connectivity index (χ1) is 15.5. The predicted molar refractivity (Wildman–Crippen MR) is 141 cm³/mol. The third-order valence-electron chi connectivity index (χ3n) is 5.67. The van der Waals surface area contributed by atoms with Crippen molar-refractivity contribution in [1.29, 1.82) is 0 Å². The van der Waals surface area contributed by atoms with Crippen LogP contribution in [0.25, 0.3) is 21.9 Å². The predicted octanol–water partition coefficient (Wildman–Crippen LogP) is 7.00. The lowest BCUT2D eigenvalue weighted by atomic mass is 9.98. The van der Waals surface area contributed by atoms with Crippen LogP contribution in [0.3, 0.4) is 0 Å². The average molecular weight is 479 g/mol. The summed E-state index contributed by atoms with van der Waals surface area (Å²) in [5.41, 5.74) is 3.90. The topological polar surface area (TPSA) is 32.3 Å². The van der Waals surface area contributed by atoms with Crippen molar-refractivity contribution in [1.82, 2.24) is 10.2 Å². The molecule has 0 saturated carbocycles. The zero-order chi connectivity index (χ0) is 22.5. The van der Waals surface area contributed by atoms with Gasteiger partial charge in [-0.2, -0.15) is 0 Å². The van der Waals surface area contributed by atoms with Crippen LogP contribution in [0.5, 0.6) is 0 Å². The zero-order valence-corrected chi connectivity index (χ0v) is 20.4. The second-order valence-electron chi connectivity index (χ2n) is 8.31. The highest BCUT2D eigenvalue weighted by Crippen LogP contribution is 2.25. The van der Waals surface area contributed by atoms with Gasteiger partial charge in [0.2, 0.25) is 0 Å². The Kier molecular flexibility index (Phi) is 8.51. The summed E-state index contributed by atoms with van der Waals surface area (Å²) in [6.45, 7) is 0.882. The molecule has 4 rings (SSSR count). The van der Waals surface area contributed by atoms with Crippen molar-refractivity contribution in [2.75, 3.05) is 20.6 Å².